The lowest BCUT2D eigenvalue weighted by Crippen LogP contribution is -2.34. The SMILES string of the molecule is CCCOc1ccc(C(C)(C)C)cc1C(=O)C1CCCNC1. The Morgan fingerprint density at radius 2 is 2.14 bits per heavy atom. The molecular formula is C19H29NO2. The van der Waals surface area contributed by atoms with Gasteiger partial charge in [-0.05, 0) is 48.9 Å². The molecule has 0 amide bonds. The number of carbonyl (C=O) groups is 1. The fourth-order valence-electron chi connectivity index (χ4n) is 2.82. The molecule has 3 heteroatoms. The van der Waals surface area contributed by atoms with E-state index < -0.39 is 0 Å². The molecule has 1 unspecified atom stereocenters. The molecule has 1 N–H and O–H groups in total. The Balaban J connectivity index is 2.33. The topological polar surface area (TPSA) is 38.3 Å². The van der Waals surface area contributed by atoms with Crippen LogP contribution in [0.15, 0.2) is 18.2 Å². The van der Waals surface area contributed by atoms with Crippen molar-refractivity contribution in [1.29, 1.82) is 0 Å². The van der Waals surface area contributed by atoms with Crippen molar-refractivity contribution in [1.82, 2.24) is 5.32 Å². The van der Waals surface area contributed by atoms with Crippen molar-refractivity contribution >= 4 is 5.78 Å². The van der Waals surface area contributed by atoms with Crippen LogP contribution in [0.3, 0.4) is 0 Å². The van der Waals surface area contributed by atoms with E-state index in [4.69, 9.17) is 4.74 Å². The quantitative estimate of drug-likeness (QED) is 0.837. The number of ether oxygens (including phenoxy) is 1. The number of rotatable bonds is 5. The highest BCUT2D eigenvalue weighted by Gasteiger charge is 2.26. The number of benzene rings is 1. The van der Waals surface area contributed by atoms with Crippen LogP contribution in [0.5, 0.6) is 5.75 Å². The van der Waals surface area contributed by atoms with Crippen molar-refractivity contribution in [2.75, 3.05) is 19.7 Å². The molecule has 1 atom stereocenters. The third-order valence-electron chi connectivity index (χ3n) is 4.24. The van der Waals surface area contributed by atoms with Crippen molar-refractivity contribution in [3.8, 4) is 5.75 Å². The van der Waals surface area contributed by atoms with E-state index in [1.54, 1.807) is 0 Å². The molecule has 1 aromatic carbocycles. The van der Waals surface area contributed by atoms with E-state index >= 15 is 0 Å². The van der Waals surface area contributed by atoms with Gasteiger partial charge < -0.3 is 10.1 Å². The van der Waals surface area contributed by atoms with Gasteiger partial charge in [-0.2, -0.15) is 0 Å². The molecule has 122 valence electrons. The predicted octanol–water partition coefficient (Wildman–Crippen LogP) is 3.96. The third kappa shape index (κ3) is 4.10. The van der Waals surface area contributed by atoms with Gasteiger partial charge in [-0.1, -0.05) is 33.8 Å². The minimum absolute atomic E-state index is 0.0309. The summed E-state index contributed by atoms with van der Waals surface area (Å²) in [5, 5.41) is 3.33. The first-order chi connectivity index (χ1) is 10.4. The number of carbonyl (C=O) groups excluding carboxylic acids is 1. The summed E-state index contributed by atoms with van der Waals surface area (Å²) in [4.78, 5) is 12.9. The molecule has 2 rings (SSSR count). The van der Waals surface area contributed by atoms with Gasteiger partial charge in [0.2, 0.25) is 0 Å². The van der Waals surface area contributed by atoms with Gasteiger partial charge in [0.15, 0.2) is 5.78 Å². The van der Waals surface area contributed by atoms with Gasteiger partial charge in [0.1, 0.15) is 5.75 Å². The van der Waals surface area contributed by atoms with E-state index in [9.17, 15) is 4.79 Å². The number of ketones is 1. The van der Waals surface area contributed by atoms with Crippen LogP contribution in [0, 0.1) is 5.92 Å². The zero-order valence-electron chi connectivity index (χ0n) is 14.4. The molecule has 1 aliphatic heterocycles. The first-order valence-electron chi connectivity index (χ1n) is 8.45. The average Bonchev–Trinajstić information content (AvgIpc) is 2.52. The fraction of sp³-hybridized carbons (Fsp3) is 0.632. The van der Waals surface area contributed by atoms with Gasteiger partial charge in [0.05, 0.1) is 12.2 Å². The maximum absolute atomic E-state index is 12.9. The predicted molar refractivity (Wildman–Crippen MR) is 90.9 cm³/mol. The highest BCUT2D eigenvalue weighted by molar-refractivity contribution is 6.00. The molecule has 0 radical (unpaired) electrons. The summed E-state index contributed by atoms with van der Waals surface area (Å²) >= 11 is 0. The highest BCUT2D eigenvalue weighted by Crippen LogP contribution is 2.30. The molecule has 3 nitrogen and oxygen atoms in total. The van der Waals surface area contributed by atoms with E-state index in [0.717, 1.165) is 43.7 Å². The van der Waals surface area contributed by atoms with Crippen molar-refractivity contribution in [2.24, 2.45) is 5.92 Å². The zero-order valence-corrected chi connectivity index (χ0v) is 14.4. The minimum Gasteiger partial charge on any atom is -0.493 e. The lowest BCUT2D eigenvalue weighted by Gasteiger charge is -2.25. The van der Waals surface area contributed by atoms with E-state index in [1.165, 1.54) is 5.56 Å². The largest absolute Gasteiger partial charge is 0.493 e. The molecule has 0 spiro atoms. The van der Waals surface area contributed by atoms with Gasteiger partial charge in [-0.25, -0.2) is 0 Å². The summed E-state index contributed by atoms with van der Waals surface area (Å²) < 4.78 is 5.82. The molecule has 0 bridgehead atoms. The highest BCUT2D eigenvalue weighted by atomic mass is 16.5. The van der Waals surface area contributed by atoms with Gasteiger partial charge in [0.25, 0.3) is 0 Å². The standard InChI is InChI=1S/C19H29NO2/c1-5-11-22-17-9-8-15(19(2,3)4)12-16(17)18(21)14-7-6-10-20-13-14/h8-9,12,14,20H,5-7,10-11,13H2,1-4H3. The summed E-state index contributed by atoms with van der Waals surface area (Å²) in [7, 11) is 0. The molecule has 1 saturated heterocycles. The lowest BCUT2D eigenvalue weighted by atomic mass is 9.83. The summed E-state index contributed by atoms with van der Waals surface area (Å²) in [5.41, 5.74) is 1.97. The third-order valence-corrected chi connectivity index (χ3v) is 4.24. The summed E-state index contributed by atoms with van der Waals surface area (Å²) in [5.74, 6) is 1.04. The van der Waals surface area contributed by atoms with E-state index in [2.05, 4.69) is 39.1 Å². The fourth-order valence-corrected chi connectivity index (χ4v) is 2.82. The first kappa shape index (κ1) is 17.0. The summed E-state index contributed by atoms with van der Waals surface area (Å²) in [6.45, 7) is 11.0. The van der Waals surface area contributed by atoms with Gasteiger partial charge in [-0.3, -0.25) is 4.79 Å². The zero-order chi connectivity index (χ0) is 16.2. The Kier molecular flexibility index (Phi) is 5.63. The Bertz CT molecular complexity index is 511. The second-order valence-electron chi connectivity index (χ2n) is 7.22. The first-order valence-corrected chi connectivity index (χ1v) is 8.45. The lowest BCUT2D eigenvalue weighted by molar-refractivity contribution is 0.0895. The average molecular weight is 303 g/mol. The van der Waals surface area contributed by atoms with Crippen LogP contribution in [0.1, 0.15) is 62.9 Å². The molecule has 22 heavy (non-hydrogen) atoms. The smallest absolute Gasteiger partial charge is 0.170 e. The van der Waals surface area contributed by atoms with E-state index in [1.807, 2.05) is 12.1 Å². The van der Waals surface area contributed by atoms with Crippen LogP contribution in [-0.2, 0) is 5.41 Å². The number of hydrogen-bond acceptors (Lipinski definition) is 3. The molecule has 0 aromatic heterocycles. The molecule has 0 aliphatic carbocycles. The number of nitrogens with one attached hydrogen (secondary N) is 1. The second-order valence-corrected chi connectivity index (χ2v) is 7.22. The summed E-state index contributed by atoms with van der Waals surface area (Å²) in [6.07, 6.45) is 2.99. The molecule has 1 fully saturated rings. The second kappa shape index (κ2) is 7.28. The Morgan fingerprint density at radius 1 is 1.36 bits per heavy atom. The Morgan fingerprint density at radius 3 is 2.73 bits per heavy atom. The van der Waals surface area contributed by atoms with Crippen molar-refractivity contribution in [3.05, 3.63) is 29.3 Å². The van der Waals surface area contributed by atoms with Gasteiger partial charge in [0, 0.05) is 12.5 Å². The van der Waals surface area contributed by atoms with Crippen LogP contribution in [0.2, 0.25) is 0 Å². The number of piperidine rings is 1. The monoisotopic (exact) mass is 303 g/mol. The molecule has 1 aliphatic rings. The van der Waals surface area contributed by atoms with Crippen LogP contribution >= 0.6 is 0 Å². The maximum Gasteiger partial charge on any atom is 0.170 e. The van der Waals surface area contributed by atoms with Crippen molar-refractivity contribution in [2.45, 2.75) is 52.4 Å². The normalized spacial score (nSPS) is 19.0. The van der Waals surface area contributed by atoms with Gasteiger partial charge >= 0.3 is 0 Å². The van der Waals surface area contributed by atoms with E-state index in [0.29, 0.717) is 6.61 Å². The van der Waals surface area contributed by atoms with Gasteiger partial charge in [-0.15, -0.1) is 0 Å². The van der Waals surface area contributed by atoms with Crippen LogP contribution in [0.4, 0.5) is 0 Å². The van der Waals surface area contributed by atoms with Crippen LogP contribution in [-0.4, -0.2) is 25.5 Å². The molecular weight excluding hydrogens is 274 g/mol. The molecule has 1 aromatic rings. The number of hydrogen-bond donors (Lipinski definition) is 1. The summed E-state index contributed by atoms with van der Waals surface area (Å²) in [6, 6.07) is 6.10. The maximum atomic E-state index is 12.9. The molecule has 0 saturated carbocycles. The Labute approximate surface area is 134 Å². The molecule has 1 heterocycles. The Hall–Kier alpha value is -1.35. The van der Waals surface area contributed by atoms with Crippen molar-refractivity contribution < 1.29 is 9.53 Å². The number of Topliss-reactive ketones (excluding diaryl/α,β-unsaturated/α-hetero) is 1. The minimum atomic E-state index is 0.0309. The van der Waals surface area contributed by atoms with Crippen LogP contribution < -0.4 is 10.1 Å². The van der Waals surface area contributed by atoms with E-state index in [-0.39, 0.29) is 17.1 Å². The van der Waals surface area contributed by atoms with Crippen LogP contribution in [0.25, 0.3) is 0 Å². The van der Waals surface area contributed by atoms with Crippen molar-refractivity contribution in [3.63, 3.8) is 0 Å².